The van der Waals surface area contributed by atoms with Gasteiger partial charge in [0.15, 0.2) is 6.73 Å². The number of benzene rings is 2. The Labute approximate surface area is 155 Å². The van der Waals surface area contributed by atoms with Gasteiger partial charge in [0, 0.05) is 33.0 Å². The molecule has 0 radical (unpaired) electrons. The number of carboxylic acid groups (broad SMARTS) is 1. The number of rotatable bonds is 5. The normalized spacial score (nSPS) is 15.3. The maximum atomic E-state index is 12.7. The lowest BCUT2D eigenvalue weighted by molar-refractivity contribution is -0.137. The highest BCUT2D eigenvalue weighted by Crippen LogP contribution is 2.37. The quantitative estimate of drug-likeness (QED) is 0.573. The van der Waals surface area contributed by atoms with Gasteiger partial charge in [0.1, 0.15) is 6.54 Å². The van der Waals surface area contributed by atoms with Crippen LogP contribution in [-0.4, -0.2) is 64.3 Å². The SMILES string of the molecule is O=COCN1C(=O)c2ccc3c4c(ccc(c24)C1=O)C(=O)N(CC(=O)O)C3=O. The zero-order valence-electron chi connectivity index (χ0n) is 14.0. The van der Waals surface area contributed by atoms with Gasteiger partial charge in [-0.3, -0.25) is 33.7 Å². The Morgan fingerprint density at radius 3 is 1.57 bits per heavy atom. The first-order valence-electron chi connectivity index (χ1n) is 7.96. The molecule has 1 N–H and O–H groups in total. The largest absolute Gasteiger partial charge is 0.480 e. The molecule has 140 valence electrons. The maximum absolute atomic E-state index is 12.7. The number of carboxylic acids is 1. The van der Waals surface area contributed by atoms with Gasteiger partial charge >= 0.3 is 5.97 Å². The number of carbonyl (C=O) groups excluding carboxylic acids is 5. The summed E-state index contributed by atoms with van der Waals surface area (Å²) >= 11 is 0. The zero-order chi connectivity index (χ0) is 20.2. The molecule has 0 fully saturated rings. The van der Waals surface area contributed by atoms with Crippen molar-refractivity contribution in [3.63, 3.8) is 0 Å². The molecule has 2 heterocycles. The summed E-state index contributed by atoms with van der Waals surface area (Å²) in [6.07, 6.45) is 0. The zero-order valence-corrected chi connectivity index (χ0v) is 14.0. The molecule has 28 heavy (non-hydrogen) atoms. The van der Waals surface area contributed by atoms with Gasteiger partial charge in [-0.05, 0) is 24.3 Å². The van der Waals surface area contributed by atoms with E-state index in [4.69, 9.17) is 5.11 Å². The highest BCUT2D eigenvalue weighted by molar-refractivity contribution is 6.33. The second-order valence-electron chi connectivity index (χ2n) is 6.09. The minimum atomic E-state index is -1.35. The van der Waals surface area contributed by atoms with Gasteiger partial charge in [-0.25, -0.2) is 4.90 Å². The van der Waals surface area contributed by atoms with Crippen LogP contribution < -0.4 is 0 Å². The topological polar surface area (TPSA) is 138 Å². The lowest BCUT2D eigenvalue weighted by Crippen LogP contribution is -2.45. The Hall–Kier alpha value is -4.08. The van der Waals surface area contributed by atoms with Crippen molar-refractivity contribution >= 4 is 46.8 Å². The molecule has 0 aliphatic carbocycles. The average Bonchev–Trinajstić information content (AvgIpc) is 2.67. The van der Waals surface area contributed by atoms with E-state index in [-0.39, 0.29) is 39.5 Å². The van der Waals surface area contributed by atoms with Crippen molar-refractivity contribution in [1.29, 1.82) is 0 Å². The number of amides is 4. The van der Waals surface area contributed by atoms with E-state index >= 15 is 0 Å². The first-order valence-corrected chi connectivity index (χ1v) is 7.96. The Balaban J connectivity index is 1.96. The summed E-state index contributed by atoms with van der Waals surface area (Å²) in [5, 5.41) is 9.24. The average molecular weight is 382 g/mol. The van der Waals surface area contributed by atoms with Gasteiger partial charge < -0.3 is 9.84 Å². The molecule has 2 aromatic carbocycles. The fourth-order valence-corrected chi connectivity index (χ4v) is 3.48. The minimum absolute atomic E-state index is 0.0228. The first kappa shape index (κ1) is 17.3. The number of nitrogens with zero attached hydrogens (tertiary/aromatic N) is 2. The standard InChI is InChI=1S/C18H10N2O8/c21-7-28-6-20-17(26)10-3-1-8-13-9(2-4-11(14(10)13)18(20)27)16(25)19(15(8)24)5-12(22)23/h1-4,7H,5-6H2,(H,22,23). The lowest BCUT2D eigenvalue weighted by Gasteiger charge is -2.30. The summed E-state index contributed by atoms with van der Waals surface area (Å²) in [6, 6.07) is 5.25. The molecule has 4 rings (SSSR count). The molecule has 2 aliphatic heterocycles. The predicted octanol–water partition coefficient (Wildman–Crippen LogP) is 0.247. The van der Waals surface area contributed by atoms with Crippen LogP contribution in [0.5, 0.6) is 0 Å². The summed E-state index contributed by atoms with van der Waals surface area (Å²) in [5.74, 6) is -4.48. The molecule has 0 atom stereocenters. The van der Waals surface area contributed by atoms with Crippen molar-refractivity contribution in [2.24, 2.45) is 0 Å². The summed E-state index contributed by atoms with van der Waals surface area (Å²) in [6.45, 7) is -1.28. The van der Waals surface area contributed by atoms with Crippen LogP contribution in [0.15, 0.2) is 24.3 Å². The molecular formula is C18H10N2O8. The van der Waals surface area contributed by atoms with Crippen LogP contribution in [-0.2, 0) is 14.3 Å². The summed E-state index contributed by atoms with van der Waals surface area (Å²) < 4.78 is 4.52. The third-order valence-corrected chi connectivity index (χ3v) is 4.63. The van der Waals surface area contributed by atoms with E-state index in [0.717, 1.165) is 4.90 Å². The van der Waals surface area contributed by atoms with Crippen LogP contribution in [0, 0.1) is 0 Å². The fourth-order valence-electron chi connectivity index (χ4n) is 3.48. The molecule has 0 unspecified atom stereocenters. The summed E-state index contributed by atoms with van der Waals surface area (Å²) in [7, 11) is 0. The number of carbonyl (C=O) groups is 6. The van der Waals surface area contributed by atoms with Crippen molar-refractivity contribution in [3.8, 4) is 0 Å². The van der Waals surface area contributed by atoms with Crippen LogP contribution in [0.2, 0.25) is 0 Å². The van der Waals surface area contributed by atoms with Gasteiger partial charge in [0.25, 0.3) is 30.1 Å². The molecule has 0 spiro atoms. The van der Waals surface area contributed by atoms with Gasteiger partial charge in [0.05, 0.1) is 0 Å². The number of hydrogen-bond donors (Lipinski definition) is 1. The number of aliphatic carboxylic acids is 1. The predicted molar refractivity (Wildman–Crippen MR) is 89.5 cm³/mol. The maximum Gasteiger partial charge on any atom is 0.323 e. The van der Waals surface area contributed by atoms with E-state index in [0.29, 0.717) is 4.90 Å². The van der Waals surface area contributed by atoms with Crippen LogP contribution >= 0.6 is 0 Å². The van der Waals surface area contributed by atoms with Gasteiger partial charge in [-0.15, -0.1) is 0 Å². The van der Waals surface area contributed by atoms with E-state index in [1.165, 1.54) is 24.3 Å². The van der Waals surface area contributed by atoms with Crippen molar-refractivity contribution in [1.82, 2.24) is 9.80 Å². The Kier molecular flexibility index (Phi) is 3.70. The monoisotopic (exact) mass is 382 g/mol. The first-order chi connectivity index (χ1) is 13.4. The van der Waals surface area contributed by atoms with E-state index in [9.17, 15) is 28.8 Å². The molecule has 10 nitrogen and oxygen atoms in total. The molecule has 0 bridgehead atoms. The molecule has 10 heteroatoms. The molecule has 2 aromatic rings. The Bertz CT molecular complexity index is 1070. The van der Waals surface area contributed by atoms with Crippen molar-refractivity contribution in [3.05, 3.63) is 46.5 Å². The van der Waals surface area contributed by atoms with Gasteiger partial charge in [0.2, 0.25) is 0 Å². The minimum Gasteiger partial charge on any atom is -0.480 e. The van der Waals surface area contributed by atoms with Gasteiger partial charge in [-0.2, -0.15) is 0 Å². The molecular weight excluding hydrogens is 372 g/mol. The molecule has 0 saturated heterocycles. The van der Waals surface area contributed by atoms with E-state index in [2.05, 4.69) is 4.74 Å². The lowest BCUT2D eigenvalue weighted by atomic mass is 9.86. The smallest absolute Gasteiger partial charge is 0.323 e. The van der Waals surface area contributed by atoms with E-state index in [1.807, 2.05) is 0 Å². The fraction of sp³-hybridized carbons (Fsp3) is 0.111. The Morgan fingerprint density at radius 2 is 1.21 bits per heavy atom. The summed E-state index contributed by atoms with van der Waals surface area (Å²) in [5.41, 5.74) is 0.179. The van der Waals surface area contributed by atoms with Crippen molar-refractivity contribution in [2.75, 3.05) is 13.3 Å². The second kappa shape index (κ2) is 5.98. The van der Waals surface area contributed by atoms with Crippen molar-refractivity contribution in [2.45, 2.75) is 0 Å². The molecule has 4 amide bonds. The number of imide groups is 2. The van der Waals surface area contributed by atoms with Crippen LogP contribution in [0.25, 0.3) is 10.8 Å². The third kappa shape index (κ3) is 2.21. The number of hydrogen-bond acceptors (Lipinski definition) is 7. The van der Waals surface area contributed by atoms with Crippen molar-refractivity contribution < 1.29 is 38.6 Å². The number of ether oxygens (including phenoxy) is 1. The second-order valence-corrected chi connectivity index (χ2v) is 6.09. The van der Waals surface area contributed by atoms with Crippen LogP contribution in [0.1, 0.15) is 41.4 Å². The highest BCUT2D eigenvalue weighted by Gasteiger charge is 2.40. The Morgan fingerprint density at radius 1 is 0.821 bits per heavy atom. The summed E-state index contributed by atoms with van der Waals surface area (Å²) in [4.78, 5) is 73.4. The molecule has 0 saturated carbocycles. The third-order valence-electron chi connectivity index (χ3n) is 4.63. The van der Waals surface area contributed by atoms with Gasteiger partial charge in [-0.1, -0.05) is 0 Å². The van der Waals surface area contributed by atoms with E-state index in [1.54, 1.807) is 0 Å². The molecule has 2 aliphatic rings. The van der Waals surface area contributed by atoms with Crippen LogP contribution in [0.3, 0.4) is 0 Å². The van der Waals surface area contributed by atoms with E-state index < -0.39 is 42.9 Å². The van der Waals surface area contributed by atoms with Crippen LogP contribution in [0.4, 0.5) is 0 Å². The molecule has 0 aromatic heterocycles. The highest BCUT2D eigenvalue weighted by atomic mass is 16.5.